The molecule has 2 rings (SSSR count). The van der Waals surface area contributed by atoms with Crippen molar-refractivity contribution in [3.8, 4) is 0 Å². The molecule has 0 bridgehead atoms. The number of rotatable bonds is 2. The molecular formula is C14H20F2O3. The lowest BCUT2D eigenvalue weighted by molar-refractivity contribution is -0.159. The van der Waals surface area contributed by atoms with Crippen LogP contribution in [0.4, 0.5) is 8.78 Å². The van der Waals surface area contributed by atoms with Gasteiger partial charge in [0.15, 0.2) is 0 Å². The van der Waals surface area contributed by atoms with Gasteiger partial charge in [0, 0.05) is 25.7 Å². The van der Waals surface area contributed by atoms with Crippen molar-refractivity contribution in [2.24, 2.45) is 17.8 Å². The van der Waals surface area contributed by atoms with E-state index in [-0.39, 0.29) is 24.0 Å². The largest absolute Gasteiger partial charge is 0.469 e. The van der Waals surface area contributed by atoms with Crippen LogP contribution in [0.2, 0.25) is 0 Å². The molecule has 2 aliphatic carbocycles. The zero-order valence-corrected chi connectivity index (χ0v) is 11.2. The monoisotopic (exact) mass is 274 g/mol. The quantitative estimate of drug-likeness (QED) is 0.727. The number of carbonyl (C=O) groups is 2. The van der Waals surface area contributed by atoms with Crippen molar-refractivity contribution in [1.29, 1.82) is 0 Å². The van der Waals surface area contributed by atoms with Gasteiger partial charge in [-0.1, -0.05) is 0 Å². The van der Waals surface area contributed by atoms with Crippen molar-refractivity contribution in [1.82, 2.24) is 0 Å². The zero-order valence-electron chi connectivity index (χ0n) is 11.2. The van der Waals surface area contributed by atoms with Crippen LogP contribution in [-0.2, 0) is 14.3 Å². The van der Waals surface area contributed by atoms with Gasteiger partial charge in [-0.25, -0.2) is 8.78 Å². The Morgan fingerprint density at radius 1 is 1.26 bits per heavy atom. The number of hydrogen-bond acceptors (Lipinski definition) is 3. The van der Waals surface area contributed by atoms with Crippen molar-refractivity contribution >= 4 is 11.8 Å². The molecule has 0 spiro atoms. The minimum absolute atomic E-state index is 0.0554. The lowest BCUT2D eigenvalue weighted by Crippen LogP contribution is -2.41. The smallest absolute Gasteiger partial charge is 0.309 e. The number of esters is 1. The molecule has 3 nitrogen and oxygen atoms in total. The van der Waals surface area contributed by atoms with E-state index < -0.39 is 24.2 Å². The Labute approximate surface area is 111 Å². The van der Waals surface area contributed by atoms with E-state index in [0.717, 1.165) is 12.8 Å². The van der Waals surface area contributed by atoms with Gasteiger partial charge in [-0.05, 0) is 31.1 Å². The van der Waals surface area contributed by atoms with Gasteiger partial charge in [0.2, 0.25) is 5.92 Å². The highest BCUT2D eigenvalue weighted by Crippen LogP contribution is 2.46. The second kappa shape index (κ2) is 5.55. The van der Waals surface area contributed by atoms with E-state index in [4.69, 9.17) is 0 Å². The number of methoxy groups -OCH3 is 1. The Hall–Kier alpha value is -1.00. The van der Waals surface area contributed by atoms with Gasteiger partial charge in [-0.3, -0.25) is 9.59 Å². The maximum Gasteiger partial charge on any atom is 0.309 e. The third kappa shape index (κ3) is 3.31. The Bertz CT molecular complexity index is 358. The van der Waals surface area contributed by atoms with Crippen molar-refractivity contribution in [2.75, 3.05) is 7.11 Å². The first-order valence-electron chi connectivity index (χ1n) is 6.90. The zero-order chi connectivity index (χ0) is 14.0. The summed E-state index contributed by atoms with van der Waals surface area (Å²) in [7, 11) is 1.25. The van der Waals surface area contributed by atoms with Gasteiger partial charge >= 0.3 is 5.97 Å². The second-order valence-corrected chi connectivity index (χ2v) is 5.77. The molecule has 2 unspecified atom stereocenters. The van der Waals surface area contributed by atoms with Crippen LogP contribution < -0.4 is 0 Å². The summed E-state index contributed by atoms with van der Waals surface area (Å²) in [4.78, 5) is 23.0. The van der Waals surface area contributed by atoms with E-state index >= 15 is 0 Å². The summed E-state index contributed by atoms with van der Waals surface area (Å²) in [5.74, 6) is -3.61. The summed E-state index contributed by atoms with van der Waals surface area (Å²) >= 11 is 0. The Kier molecular flexibility index (Phi) is 4.21. The topological polar surface area (TPSA) is 43.4 Å². The molecule has 0 amide bonds. The van der Waals surface area contributed by atoms with E-state index in [1.54, 1.807) is 0 Å². The van der Waals surface area contributed by atoms with Crippen molar-refractivity contribution < 1.29 is 23.1 Å². The molecule has 2 saturated carbocycles. The molecule has 0 saturated heterocycles. The fourth-order valence-corrected chi connectivity index (χ4v) is 3.52. The molecule has 2 atom stereocenters. The maximum absolute atomic E-state index is 13.5. The van der Waals surface area contributed by atoms with Crippen LogP contribution in [0.15, 0.2) is 0 Å². The molecule has 2 fully saturated rings. The van der Waals surface area contributed by atoms with Gasteiger partial charge in [0.05, 0.1) is 13.0 Å². The molecule has 5 heteroatoms. The average molecular weight is 274 g/mol. The molecule has 19 heavy (non-hydrogen) atoms. The van der Waals surface area contributed by atoms with Crippen LogP contribution >= 0.6 is 0 Å². The molecule has 0 N–H and O–H groups in total. The van der Waals surface area contributed by atoms with Crippen LogP contribution in [0, 0.1) is 17.8 Å². The first-order valence-corrected chi connectivity index (χ1v) is 6.90. The normalized spacial score (nSPS) is 32.1. The summed E-state index contributed by atoms with van der Waals surface area (Å²) in [5, 5.41) is 0. The minimum atomic E-state index is -2.76. The molecule has 0 aliphatic heterocycles. The highest BCUT2D eigenvalue weighted by molar-refractivity contribution is 5.79. The summed E-state index contributed by atoms with van der Waals surface area (Å²) in [6, 6.07) is 0. The van der Waals surface area contributed by atoms with Crippen LogP contribution in [0.1, 0.15) is 44.9 Å². The fraction of sp³-hybridized carbons (Fsp3) is 0.857. The molecule has 0 aromatic rings. The SMILES string of the molecule is COC(=O)C1CC(F)(F)CCC1C1CCC(=O)CC1. The van der Waals surface area contributed by atoms with E-state index in [1.165, 1.54) is 7.11 Å². The van der Waals surface area contributed by atoms with Gasteiger partial charge < -0.3 is 4.74 Å². The third-order valence-corrected chi connectivity index (χ3v) is 4.58. The summed E-state index contributed by atoms with van der Waals surface area (Å²) in [5.41, 5.74) is 0. The molecule has 2 aliphatic rings. The maximum atomic E-state index is 13.5. The fourth-order valence-electron chi connectivity index (χ4n) is 3.52. The predicted octanol–water partition coefficient (Wildman–Crippen LogP) is 2.97. The van der Waals surface area contributed by atoms with E-state index in [1.807, 2.05) is 0 Å². The number of alkyl halides is 2. The number of Topliss-reactive ketones (excluding diaryl/α,β-unsaturated/α-hetero) is 1. The molecular weight excluding hydrogens is 254 g/mol. The van der Waals surface area contributed by atoms with E-state index in [9.17, 15) is 18.4 Å². The Balaban J connectivity index is 2.08. The van der Waals surface area contributed by atoms with Crippen molar-refractivity contribution in [3.63, 3.8) is 0 Å². The third-order valence-electron chi connectivity index (χ3n) is 4.58. The summed E-state index contributed by atoms with van der Waals surface area (Å²) in [6.45, 7) is 0. The summed E-state index contributed by atoms with van der Waals surface area (Å²) in [6.07, 6.45) is 2.28. The molecule has 0 radical (unpaired) electrons. The highest BCUT2D eigenvalue weighted by atomic mass is 19.3. The Morgan fingerprint density at radius 2 is 1.89 bits per heavy atom. The lowest BCUT2D eigenvalue weighted by atomic mass is 9.67. The lowest BCUT2D eigenvalue weighted by Gasteiger charge is -2.40. The standard InChI is InChI=1S/C14H20F2O3/c1-19-13(18)12-8-14(15,16)7-6-11(12)9-2-4-10(17)5-3-9/h9,11-12H,2-8H2,1H3. The molecule has 108 valence electrons. The molecule has 0 aromatic carbocycles. The van der Waals surface area contributed by atoms with Gasteiger partial charge in [0.1, 0.15) is 5.78 Å². The Morgan fingerprint density at radius 3 is 2.47 bits per heavy atom. The molecule has 0 aromatic heterocycles. The number of halogens is 2. The second-order valence-electron chi connectivity index (χ2n) is 5.77. The highest BCUT2D eigenvalue weighted by Gasteiger charge is 2.47. The van der Waals surface area contributed by atoms with Crippen LogP contribution in [0.25, 0.3) is 0 Å². The van der Waals surface area contributed by atoms with Crippen molar-refractivity contribution in [3.05, 3.63) is 0 Å². The van der Waals surface area contributed by atoms with Crippen LogP contribution in [-0.4, -0.2) is 24.8 Å². The van der Waals surface area contributed by atoms with Gasteiger partial charge in [-0.2, -0.15) is 0 Å². The summed E-state index contributed by atoms with van der Waals surface area (Å²) < 4.78 is 31.7. The predicted molar refractivity (Wildman–Crippen MR) is 64.8 cm³/mol. The number of carbonyl (C=O) groups excluding carboxylic acids is 2. The van der Waals surface area contributed by atoms with Gasteiger partial charge in [0.25, 0.3) is 0 Å². The first-order chi connectivity index (χ1) is 8.93. The van der Waals surface area contributed by atoms with Crippen molar-refractivity contribution in [2.45, 2.75) is 50.9 Å². The van der Waals surface area contributed by atoms with Crippen LogP contribution in [0.5, 0.6) is 0 Å². The average Bonchev–Trinajstić information content (AvgIpc) is 2.38. The first kappa shape index (κ1) is 14.4. The number of ether oxygens (including phenoxy) is 1. The minimum Gasteiger partial charge on any atom is -0.469 e. The van der Waals surface area contributed by atoms with Gasteiger partial charge in [-0.15, -0.1) is 0 Å². The molecule has 0 heterocycles. The van der Waals surface area contributed by atoms with Crippen LogP contribution in [0.3, 0.4) is 0 Å². The van der Waals surface area contributed by atoms with E-state index in [2.05, 4.69) is 4.74 Å². The number of hydrogen-bond donors (Lipinski definition) is 0. The van der Waals surface area contributed by atoms with E-state index in [0.29, 0.717) is 19.3 Å². The number of ketones is 1.